The van der Waals surface area contributed by atoms with Gasteiger partial charge in [0.25, 0.3) is 5.92 Å². The number of carbonyl (C=O) groups is 2. The lowest BCUT2D eigenvalue weighted by molar-refractivity contribution is -0.132. The summed E-state index contributed by atoms with van der Waals surface area (Å²) in [6.07, 6.45) is 7.79. The molecule has 25 heavy (non-hydrogen) atoms. The van der Waals surface area contributed by atoms with Gasteiger partial charge in [0.05, 0.1) is 19.6 Å². The summed E-state index contributed by atoms with van der Waals surface area (Å²) in [5.41, 5.74) is 5.02. The van der Waals surface area contributed by atoms with Crippen molar-refractivity contribution >= 4 is 24.2 Å². The molecule has 0 aromatic rings. The van der Waals surface area contributed by atoms with Gasteiger partial charge in [-0.15, -0.1) is 12.4 Å². The third-order valence-corrected chi connectivity index (χ3v) is 5.99. The lowest BCUT2D eigenvalue weighted by Crippen LogP contribution is -2.49. The van der Waals surface area contributed by atoms with Gasteiger partial charge in [-0.2, -0.15) is 0 Å². The minimum atomic E-state index is -3.11. The number of halogens is 3. The average Bonchev–Trinajstić information content (AvgIpc) is 2.49. The van der Waals surface area contributed by atoms with E-state index in [0.717, 1.165) is 37.0 Å². The van der Waals surface area contributed by atoms with Crippen LogP contribution in [0.25, 0.3) is 0 Å². The Balaban J connectivity index is 0.00000225. The third kappa shape index (κ3) is 5.03. The van der Waals surface area contributed by atoms with Crippen molar-refractivity contribution in [3.8, 4) is 0 Å². The maximum atomic E-state index is 13.0. The Kier molecular flexibility index (Phi) is 6.30. The molecule has 4 saturated carbocycles. The molecule has 0 saturated heterocycles. The van der Waals surface area contributed by atoms with Crippen LogP contribution in [0.15, 0.2) is 0 Å². The number of rotatable bonds is 7. The Morgan fingerprint density at radius 2 is 1.52 bits per heavy atom. The number of hydrogen-bond acceptors (Lipinski definition) is 3. The van der Waals surface area contributed by atoms with Gasteiger partial charge in [0, 0.05) is 6.42 Å². The number of nitrogens with one attached hydrogen (secondary N) is 2. The van der Waals surface area contributed by atoms with Crippen molar-refractivity contribution < 1.29 is 18.4 Å². The Hall–Kier alpha value is -0.950. The lowest BCUT2D eigenvalue weighted by Gasteiger charge is -2.56. The van der Waals surface area contributed by atoms with Crippen LogP contribution in [0.2, 0.25) is 0 Å². The smallest absolute Gasteiger partial charge is 0.277 e. The first kappa shape index (κ1) is 20.4. The fourth-order valence-electron chi connectivity index (χ4n) is 5.45. The molecule has 0 aliphatic heterocycles. The van der Waals surface area contributed by atoms with Crippen LogP contribution in [-0.2, 0) is 9.59 Å². The van der Waals surface area contributed by atoms with Gasteiger partial charge in [-0.1, -0.05) is 0 Å². The molecule has 0 atom stereocenters. The van der Waals surface area contributed by atoms with Gasteiger partial charge in [-0.3, -0.25) is 9.59 Å². The van der Waals surface area contributed by atoms with Gasteiger partial charge < -0.3 is 16.4 Å². The fraction of sp³-hybridized carbons (Fsp3) is 0.882. The minimum Gasteiger partial charge on any atom is -0.348 e. The number of nitrogens with two attached hydrogens (primary N) is 1. The number of hydrogen-bond donors (Lipinski definition) is 3. The molecule has 144 valence electrons. The zero-order valence-corrected chi connectivity index (χ0v) is 15.2. The van der Waals surface area contributed by atoms with E-state index in [1.54, 1.807) is 0 Å². The quantitative estimate of drug-likeness (QED) is 0.631. The van der Waals surface area contributed by atoms with Crippen molar-refractivity contribution in [2.75, 3.05) is 19.6 Å². The second-order valence-corrected chi connectivity index (χ2v) is 8.21. The fourth-order valence-corrected chi connectivity index (χ4v) is 5.45. The van der Waals surface area contributed by atoms with Crippen LogP contribution in [0, 0.1) is 23.2 Å². The van der Waals surface area contributed by atoms with Crippen LogP contribution in [0.1, 0.15) is 44.9 Å². The van der Waals surface area contributed by atoms with Crippen molar-refractivity contribution in [3.63, 3.8) is 0 Å². The summed E-state index contributed by atoms with van der Waals surface area (Å²) in [4.78, 5) is 23.8. The Bertz CT molecular complexity index is 481. The van der Waals surface area contributed by atoms with Gasteiger partial charge in [0.1, 0.15) is 0 Å². The van der Waals surface area contributed by atoms with Crippen LogP contribution < -0.4 is 16.4 Å². The highest BCUT2D eigenvalue weighted by atomic mass is 35.5. The SMILES string of the molecule is Cl.NCC(F)(F)CNC(=O)CNC(=O)CC12CC3CC(CC(C3)C1)C2. The summed E-state index contributed by atoms with van der Waals surface area (Å²) in [5, 5.41) is 4.69. The molecule has 8 heteroatoms. The van der Waals surface area contributed by atoms with E-state index in [9.17, 15) is 18.4 Å². The average molecular weight is 380 g/mol. The zero-order valence-electron chi connectivity index (χ0n) is 14.4. The van der Waals surface area contributed by atoms with E-state index < -0.39 is 24.9 Å². The Morgan fingerprint density at radius 3 is 2.00 bits per heavy atom. The minimum absolute atomic E-state index is 0. The topological polar surface area (TPSA) is 84.2 Å². The number of alkyl halides is 2. The second kappa shape index (κ2) is 7.74. The van der Waals surface area contributed by atoms with Gasteiger partial charge >= 0.3 is 0 Å². The van der Waals surface area contributed by atoms with Crippen LogP contribution in [0.5, 0.6) is 0 Å². The van der Waals surface area contributed by atoms with E-state index in [0.29, 0.717) is 6.42 Å². The molecule has 0 aromatic carbocycles. The molecule has 5 nitrogen and oxygen atoms in total. The predicted molar refractivity (Wildman–Crippen MR) is 92.5 cm³/mol. The van der Waals surface area contributed by atoms with Gasteiger partial charge in [0.2, 0.25) is 11.8 Å². The maximum absolute atomic E-state index is 13.0. The summed E-state index contributed by atoms with van der Waals surface area (Å²) < 4.78 is 25.9. The highest BCUT2D eigenvalue weighted by Crippen LogP contribution is 2.61. The number of carbonyl (C=O) groups excluding carboxylic acids is 2. The number of amides is 2. The summed E-state index contributed by atoms with van der Waals surface area (Å²) in [7, 11) is 0. The molecule has 0 heterocycles. The van der Waals surface area contributed by atoms with E-state index in [1.165, 1.54) is 19.3 Å². The Morgan fingerprint density at radius 1 is 1.00 bits per heavy atom. The standard InChI is InChI=1S/C17H27F2N3O2.ClH/c18-17(19,9-20)10-22-15(24)8-21-14(23)7-16-4-11-1-12(5-16)3-13(2-11)6-16;/h11-13H,1-10,20H2,(H,21,23)(H,22,24);1H. The van der Waals surface area contributed by atoms with Crippen molar-refractivity contribution in [1.29, 1.82) is 0 Å². The molecule has 2 amide bonds. The van der Waals surface area contributed by atoms with E-state index >= 15 is 0 Å². The molecule has 0 spiro atoms. The largest absolute Gasteiger partial charge is 0.348 e. The van der Waals surface area contributed by atoms with E-state index in [1.807, 2.05) is 0 Å². The van der Waals surface area contributed by atoms with Crippen LogP contribution in [-0.4, -0.2) is 37.4 Å². The first-order valence-corrected chi connectivity index (χ1v) is 8.90. The van der Waals surface area contributed by atoms with E-state index in [4.69, 9.17) is 5.73 Å². The maximum Gasteiger partial charge on any atom is 0.277 e. The van der Waals surface area contributed by atoms with Gasteiger partial charge in [-0.05, 0) is 61.7 Å². The van der Waals surface area contributed by atoms with Crippen LogP contribution in [0.4, 0.5) is 8.78 Å². The molecule has 4 bridgehead atoms. The normalized spacial score (nSPS) is 32.8. The van der Waals surface area contributed by atoms with Crippen molar-refractivity contribution in [1.82, 2.24) is 10.6 Å². The highest BCUT2D eigenvalue weighted by Gasteiger charge is 2.51. The molecule has 4 aliphatic rings. The predicted octanol–water partition coefficient (Wildman–Crippen LogP) is 1.84. The summed E-state index contributed by atoms with van der Waals surface area (Å²) in [6, 6.07) is 0. The highest BCUT2D eigenvalue weighted by molar-refractivity contribution is 5.85. The molecular weight excluding hydrogens is 352 g/mol. The molecule has 0 radical (unpaired) electrons. The van der Waals surface area contributed by atoms with Crippen molar-refractivity contribution in [3.05, 3.63) is 0 Å². The molecule has 4 N–H and O–H groups in total. The molecule has 0 aromatic heterocycles. The van der Waals surface area contributed by atoms with Gasteiger partial charge in [0.15, 0.2) is 0 Å². The lowest BCUT2D eigenvalue weighted by atomic mass is 9.49. The summed E-state index contributed by atoms with van der Waals surface area (Å²) in [6.45, 7) is -1.87. The molecular formula is C17H28ClF2N3O2. The molecule has 4 fully saturated rings. The summed E-state index contributed by atoms with van der Waals surface area (Å²) in [5.74, 6) is -1.55. The van der Waals surface area contributed by atoms with Gasteiger partial charge in [-0.25, -0.2) is 8.78 Å². The third-order valence-electron chi connectivity index (χ3n) is 5.99. The Labute approximate surface area is 153 Å². The zero-order chi connectivity index (χ0) is 17.4. The summed E-state index contributed by atoms with van der Waals surface area (Å²) >= 11 is 0. The van der Waals surface area contributed by atoms with Crippen LogP contribution in [0.3, 0.4) is 0 Å². The first-order chi connectivity index (χ1) is 11.3. The molecule has 4 aliphatic carbocycles. The van der Waals surface area contributed by atoms with E-state index in [-0.39, 0.29) is 30.3 Å². The van der Waals surface area contributed by atoms with Crippen LogP contribution >= 0.6 is 12.4 Å². The van der Waals surface area contributed by atoms with E-state index in [2.05, 4.69) is 10.6 Å². The molecule has 4 rings (SSSR count). The second-order valence-electron chi connectivity index (χ2n) is 8.21. The van der Waals surface area contributed by atoms with Crippen molar-refractivity contribution in [2.45, 2.75) is 50.9 Å². The molecule has 0 unspecified atom stereocenters. The van der Waals surface area contributed by atoms with Crippen molar-refractivity contribution in [2.24, 2.45) is 28.9 Å². The monoisotopic (exact) mass is 379 g/mol. The first-order valence-electron chi connectivity index (χ1n) is 8.90.